The van der Waals surface area contributed by atoms with Crippen LogP contribution in [0.5, 0.6) is 11.6 Å². The zero-order valence-electron chi connectivity index (χ0n) is 11.4. The number of aromatic nitrogens is 2. The summed E-state index contributed by atoms with van der Waals surface area (Å²) < 4.78 is 6.12. The zero-order chi connectivity index (χ0) is 15.6. The number of nitrogen functional groups attached to an aromatic ring is 1. The number of nitro benzene ring substituents is 1. The van der Waals surface area contributed by atoms with Crippen LogP contribution in [0.2, 0.25) is 0 Å². The summed E-state index contributed by atoms with van der Waals surface area (Å²) in [5.41, 5.74) is 6.29. The van der Waals surface area contributed by atoms with Gasteiger partial charge in [-0.15, -0.1) is 0 Å². The first kappa shape index (κ1) is 15.2. The lowest BCUT2D eigenvalue weighted by Gasteiger charge is -2.14. The summed E-state index contributed by atoms with van der Waals surface area (Å²) >= 11 is 3.25. The molecule has 0 saturated heterocycles. The predicted molar refractivity (Wildman–Crippen MR) is 81.4 cm³/mol. The number of hydrogen-bond acceptors (Lipinski definition) is 6. The third-order valence-electron chi connectivity index (χ3n) is 2.80. The normalized spacial score (nSPS) is 10.7. The van der Waals surface area contributed by atoms with E-state index in [2.05, 4.69) is 25.9 Å². The van der Waals surface area contributed by atoms with Crippen molar-refractivity contribution in [3.05, 3.63) is 44.7 Å². The average Bonchev–Trinajstić information content (AvgIpc) is 2.40. The van der Waals surface area contributed by atoms with E-state index in [1.54, 1.807) is 12.1 Å². The Morgan fingerprint density at radius 1 is 1.38 bits per heavy atom. The van der Waals surface area contributed by atoms with Gasteiger partial charge < -0.3 is 10.5 Å². The smallest absolute Gasteiger partial charge is 0.312 e. The van der Waals surface area contributed by atoms with E-state index in [9.17, 15) is 10.1 Å². The van der Waals surface area contributed by atoms with Crippen molar-refractivity contribution < 1.29 is 9.66 Å². The first-order valence-corrected chi connectivity index (χ1v) is 6.92. The Morgan fingerprint density at radius 3 is 2.71 bits per heavy atom. The molecule has 0 radical (unpaired) electrons. The molecule has 7 nitrogen and oxygen atoms in total. The summed E-state index contributed by atoms with van der Waals surface area (Å²) in [6.07, 6.45) is 1.26. The molecule has 8 heteroatoms. The minimum Gasteiger partial charge on any atom is -0.430 e. The summed E-state index contributed by atoms with van der Waals surface area (Å²) in [7, 11) is 0. The fraction of sp³-hybridized carbons (Fsp3) is 0.231. The summed E-state index contributed by atoms with van der Waals surface area (Å²) in [4.78, 5) is 18.5. The van der Waals surface area contributed by atoms with Crippen LogP contribution in [0.1, 0.15) is 25.3 Å². The van der Waals surface area contributed by atoms with Gasteiger partial charge in [0.25, 0.3) is 0 Å². The number of benzene rings is 1. The second-order valence-electron chi connectivity index (χ2n) is 4.58. The van der Waals surface area contributed by atoms with Gasteiger partial charge in [0.15, 0.2) is 0 Å². The van der Waals surface area contributed by atoms with Crippen molar-refractivity contribution >= 4 is 27.4 Å². The molecule has 0 fully saturated rings. The monoisotopic (exact) mass is 352 g/mol. The van der Waals surface area contributed by atoms with Crippen LogP contribution in [-0.2, 0) is 0 Å². The number of rotatable bonds is 4. The van der Waals surface area contributed by atoms with Crippen LogP contribution >= 0.6 is 15.9 Å². The largest absolute Gasteiger partial charge is 0.430 e. The van der Waals surface area contributed by atoms with Crippen LogP contribution in [0.4, 0.5) is 11.5 Å². The van der Waals surface area contributed by atoms with E-state index in [-0.39, 0.29) is 23.2 Å². The highest BCUT2D eigenvalue weighted by atomic mass is 79.9. The van der Waals surface area contributed by atoms with Crippen molar-refractivity contribution in [2.75, 3.05) is 5.73 Å². The maximum atomic E-state index is 11.1. The minimum absolute atomic E-state index is 0.0164. The fourth-order valence-corrected chi connectivity index (χ4v) is 2.29. The number of anilines is 1. The maximum absolute atomic E-state index is 11.1. The molecule has 1 aromatic heterocycles. The highest BCUT2D eigenvalue weighted by Gasteiger charge is 2.22. The number of nitrogens with two attached hydrogens (primary N) is 1. The molecule has 2 aromatic rings. The van der Waals surface area contributed by atoms with Gasteiger partial charge in [-0.3, -0.25) is 10.1 Å². The predicted octanol–water partition coefficient (Wildman–Crippen LogP) is 3.65. The molecule has 0 atom stereocenters. The lowest BCUT2D eigenvalue weighted by molar-refractivity contribution is -0.385. The molecule has 0 bridgehead atoms. The summed E-state index contributed by atoms with van der Waals surface area (Å²) in [5, 5.41) is 11.1. The highest BCUT2D eigenvalue weighted by molar-refractivity contribution is 9.10. The molecule has 0 amide bonds. The molecule has 0 aliphatic rings. The lowest BCUT2D eigenvalue weighted by Crippen LogP contribution is -2.05. The lowest BCUT2D eigenvalue weighted by atomic mass is 10.1. The molecule has 1 aromatic carbocycles. The number of halogens is 1. The van der Waals surface area contributed by atoms with Crippen molar-refractivity contribution in [3.8, 4) is 11.6 Å². The maximum Gasteiger partial charge on any atom is 0.312 e. The van der Waals surface area contributed by atoms with Gasteiger partial charge >= 0.3 is 5.69 Å². The van der Waals surface area contributed by atoms with E-state index in [0.717, 1.165) is 0 Å². The van der Waals surface area contributed by atoms with E-state index in [1.165, 1.54) is 12.4 Å². The van der Waals surface area contributed by atoms with Crippen LogP contribution in [0.15, 0.2) is 29.0 Å². The van der Waals surface area contributed by atoms with Crippen LogP contribution in [0.25, 0.3) is 0 Å². The number of ether oxygens (including phenoxy) is 1. The van der Waals surface area contributed by atoms with Crippen molar-refractivity contribution in [1.29, 1.82) is 0 Å². The van der Waals surface area contributed by atoms with Crippen molar-refractivity contribution in [2.45, 2.75) is 19.8 Å². The van der Waals surface area contributed by atoms with Gasteiger partial charge in [0.1, 0.15) is 12.1 Å². The van der Waals surface area contributed by atoms with Gasteiger partial charge in [-0.05, 0) is 27.9 Å². The Bertz CT molecular complexity index is 691. The summed E-state index contributed by atoms with van der Waals surface area (Å²) in [6, 6.07) is 4.58. The first-order chi connectivity index (χ1) is 9.91. The Kier molecular flexibility index (Phi) is 4.37. The molecule has 1 heterocycles. The van der Waals surface area contributed by atoms with Gasteiger partial charge in [0.05, 0.1) is 15.0 Å². The molecular weight excluding hydrogens is 340 g/mol. The molecule has 0 unspecified atom stereocenters. The van der Waals surface area contributed by atoms with Gasteiger partial charge in [-0.2, -0.15) is 0 Å². The zero-order valence-corrected chi connectivity index (χ0v) is 13.0. The Labute approximate surface area is 129 Å². The van der Waals surface area contributed by atoms with Gasteiger partial charge in [-0.1, -0.05) is 19.9 Å². The molecule has 0 aliphatic carbocycles. The molecule has 0 aliphatic heterocycles. The summed E-state index contributed by atoms with van der Waals surface area (Å²) in [5.74, 6) is 0.613. The number of para-hydroxylation sites is 1. The standard InChI is InChI=1S/C13H13BrN4O3/c1-7(2)10-12(15)16-6-17-13(10)21-11-8(14)4-3-5-9(11)18(19)20/h3-7H,1-2H3,(H2,15,16,17). The van der Waals surface area contributed by atoms with E-state index < -0.39 is 4.92 Å². The van der Waals surface area contributed by atoms with E-state index in [0.29, 0.717) is 15.9 Å². The molecule has 2 N–H and O–H groups in total. The highest BCUT2D eigenvalue weighted by Crippen LogP contribution is 2.40. The topological polar surface area (TPSA) is 104 Å². The van der Waals surface area contributed by atoms with E-state index in [1.807, 2.05) is 13.8 Å². The van der Waals surface area contributed by atoms with Crippen molar-refractivity contribution in [1.82, 2.24) is 9.97 Å². The fourth-order valence-electron chi connectivity index (χ4n) is 1.86. The third kappa shape index (κ3) is 3.10. The molecular formula is C13H13BrN4O3. The Morgan fingerprint density at radius 2 is 2.10 bits per heavy atom. The summed E-state index contributed by atoms with van der Waals surface area (Å²) in [6.45, 7) is 3.83. The molecule has 0 saturated carbocycles. The average molecular weight is 353 g/mol. The van der Waals surface area contributed by atoms with E-state index in [4.69, 9.17) is 10.5 Å². The van der Waals surface area contributed by atoms with Crippen LogP contribution < -0.4 is 10.5 Å². The van der Waals surface area contributed by atoms with E-state index >= 15 is 0 Å². The first-order valence-electron chi connectivity index (χ1n) is 6.13. The van der Waals surface area contributed by atoms with Crippen LogP contribution in [0.3, 0.4) is 0 Å². The Balaban J connectivity index is 2.54. The quantitative estimate of drug-likeness (QED) is 0.665. The molecule has 0 spiro atoms. The SMILES string of the molecule is CC(C)c1c(N)ncnc1Oc1c(Br)cccc1[N+](=O)[O-]. The number of hydrogen-bond donors (Lipinski definition) is 1. The van der Waals surface area contributed by atoms with Gasteiger partial charge in [-0.25, -0.2) is 9.97 Å². The Hall–Kier alpha value is -2.22. The second-order valence-corrected chi connectivity index (χ2v) is 5.43. The minimum atomic E-state index is -0.514. The van der Waals surface area contributed by atoms with Crippen molar-refractivity contribution in [3.63, 3.8) is 0 Å². The molecule has 110 valence electrons. The number of nitrogens with zero attached hydrogens (tertiary/aromatic N) is 3. The third-order valence-corrected chi connectivity index (χ3v) is 3.42. The van der Waals surface area contributed by atoms with Crippen LogP contribution in [-0.4, -0.2) is 14.9 Å². The van der Waals surface area contributed by atoms with Gasteiger partial charge in [0.2, 0.25) is 11.6 Å². The molecule has 2 rings (SSSR count). The van der Waals surface area contributed by atoms with Crippen LogP contribution in [0, 0.1) is 10.1 Å². The number of nitro groups is 1. The molecule has 21 heavy (non-hydrogen) atoms. The van der Waals surface area contributed by atoms with Crippen molar-refractivity contribution in [2.24, 2.45) is 0 Å². The van der Waals surface area contributed by atoms with Gasteiger partial charge in [0, 0.05) is 6.07 Å². The second kappa shape index (κ2) is 6.04.